The van der Waals surface area contributed by atoms with Gasteiger partial charge in [-0.15, -0.1) is 0 Å². The van der Waals surface area contributed by atoms with Crippen molar-refractivity contribution in [3.05, 3.63) is 176 Å². The third-order valence-corrected chi connectivity index (χ3v) is 9.70. The molecule has 238 valence electrons. The van der Waals surface area contributed by atoms with E-state index in [4.69, 9.17) is 19.4 Å². The van der Waals surface area contributed by atoms with Gasteiger partial charge in [-0.25, -0.2) is 15.0 Å². The Morgan fingerprint density at radius 1 is 0.294 bits per heavy atom. The molecule has 0 unspecified atom stereocenters. The molecule has 4 nitrogen and oxygen atoms in total. The normalized spacial score (nSPS) is 11.5. The number of fused-ring (bicyclic) bond motifs is 5. The summed E-state index contributed by atoms with van der Waals surface area (Å²) in [5, 5.41) is 6.94. The largest absolute Gasteiger partial charge is 0.456 e. The lowest BCUT2D eigenvalue weighted by molar-refractivity contribution is 0.669. The number of para-hydroxylation sites is 1. The molecule has 0 fully saturated rings. The van der Waals surface area contributed by atoms with Crippen LogP contribution in [-0.4, -0.2) is 15.0 Å². The van der Waals surface area contributed by atoms with Gasteiger partial charge < -0.3 is 4.42 Å². The van der Waals surface area contributed by atoms with Gasteiger partial charge in [0.1, 0.15) is 11.2 Å². The highest BCUT2D eigenvalue weighted by Gasteiger charge is 2.16. The van der Waals surface area contributed by atoms with Crippen molar-refractivity contribution in [3.8, 4) is 56.4 Å². The van der Waals surface area contributed by atoms with Crippen molar-refractivity contribution in [3.63, 3.8) is 0 Å². The van der Waals surface area contributed by atoms with Crippen molar-refractivity contribution in [1.82, 2.24) is 15.0 Å². The Morgan fingerprint density at radius 3 is 1.65 bits per heavy atom. The second-order valence-electron chi connectivity index (χ2n) is 12.9. The number of benzene rings is 8. The van der Waals surface area contributed by atoms with Gasteiger partial charge in [-0.3, -0.25) is 0 Å². The van der Waals surface area contributed by atoms with Gasteiger partial charge in [0.2, 0.25) is 0 Å². The van der Waals surface area contributed by atoms with Crippen LogP contribution in [0.2, 0.25) is 0 Å². The van der Waals surface area contributed by atoms with Crippen molar-refractivity contribution in [2.24, 2.45) is 0 Å². The van der Waals surface area contributed by atoms with Gasteiger partial charge in [-0.05, 0) is 80.2 Å². The summed E-state index contributed by atoms with van der Waals surface area (Å²) >= 11 is 0. The van der Waals surface area contributed by atoms with E-state index >= 15 is 0 Å². The van der Waals surface area contributed by atoms with Crippen LogP contribution in [-0.2, 0) is 0 Å². The van der Waals surface area contributed by atoms with Crippen LogP contribution in [0.5, 0.6) is 0 Å². The SMILES string of the molecule is c1ccc(-c2nc(-c3ccc(-c4ccc5ccccc5c4)cc3)nc(-c3cc(-c4ccc5oc6ccccc6c5c4)c4ccccc4c3)n2)cc1. The molecule has 2 aromatic heterocycles. The molecule has 0 atom stereocenters. The summed E-state index contributed by atoms with van der Waals surface area (Å²) in [7, 11) is 0. The molecule has 0 saturated heterocycles. The third-order valence-electron chi connectivity index (χ3n) is 9.70. The highest BCUT2D eigenvalue weighted by atomic mass is 16.3. The highest BCUT2D eigenvalue weighted by molar-refractivity contribution is 6.08. The molecule has 0 radical (unpaired) electrons. The second kappa shape index (κ2) is 11.9. The molecule has 4 heteroatoms. The maximum absolute atomic E-state index is 6.16. The Morgan fingerprint density at radius 2 is 0.843 bits per heavy atom. The number of furan rings is 1. The van der Waals surface area contributed by atoms with Gasteiger partial charge in [-0.1, -0.05) is 140 Å². The van der Waals surface area contributed by atoms with E-state index in [0.29, 0.717) is 17.5 Å². The van der Waals surface area contributed by atoms with E-state index in [1.807, 2.05) is 42.5 Å². The minimum Gasteiger partial charge on any atom is -0.456 e. The average molecular weight is 652 g/mol. The second-order valence-corrected chi connectivity index (χ2v) is 12.9. The molecule has 10 rings (SSSR count). The molecule has 0 aliphatic heterocycles. The fourth-order valence-corrected chi connectivity index (χ4v) is 7.10. The number of rotatable bonds is 5. The molecule has 0 aliphatic rings. The first-order valence-corrected chi connectivity index (χ1v) is 17.1. The predicted molar refractivity (Wildman–Crippen MR) is 209 cm³/mol. The van der Waals surface area contributed by atoms with Crippen LogP contribution in [0.3, 0.4) is 0 Å². The van der Waals surface area contributed by atoms with E-state index < -0.39 is 0 Å². The summed E-state index contributed by atoms with van der Waals surface area (Å²) in [6.45, 7) is 0. The molecule has 0 N–H and O–H groups in total. The number of hydrogen-bond acceptors (Lipinski definition) is 4. The van der Waals surface area contributed by atoms with Gasteiger partial charge in [0.25, 0.3) is 0 Å². The lowest BCUT2D eigenvalue weighted by Crippen LogP contribution is -2.00. The van der Waals surface area contributed by atoms with E-state index in [-0.39, 0.29) is 0 Å². The van der Waals surface area contributed by atoms with Gasteiger partial charge in [0, 0.05) is 27.5 Å². The Hall–Kier alpha value is -6.91. The Labute approximate surface area is 294 Å². The van der Waals surface area contributed by atoms with Crippen molar-refractivity contribution < 1.29 is 4.42 Å². The first-order chi connectivity index (χ1) is 25.2. The van der Waals surface area contributed by atoms with Crippen LogP contribution in [0, 0.1) is 0 Å². The molecule has 10 aromatic rings. The minimum atomic E-state index is 0.624. The van der Waals surface area contributed by atoms with Crippen LogP contribution in [0.4, 0.5) is 0 Å². The zero-order valence-corrected chi connectivity index (χ0v) is 27.5. The fourth-order valence-electron chi connectivity index (χ4n) is 7.10. The van der Waals surface area contributed by atoms with E-state index in [1.54, 1.807) is 0 Å². The van der Waals surface area contributed by atoms with Crippen molar-refractivity contribution in [2.45, 2.75) is 0 Å². The van der Waals surface area contributed by atoms with Crippen LogP contribution in [0.1, 0.15) is 0 Å². The fraction of sp³-hybridized carbons (Fsp3) is 0. The van der Waals surface area contributed by atoms with Crippen molar-refractivity contribution in [1.29, 1.82) is 0 Å². The van der Waals surface area contributed by atoms with Crippen molar-refractivity contribution >= 4 is 43.5 Å². The Bertz CT molecular complexity index is 2910. The maximum atomic E-state index is 6.16. The standard InChI is InChI=1S/C47H29N3O/c1-2-11-32(12-3-1)45-48-46(33-21-18-31(19-22-33)35-23-20-30-10-4-5-13-34(30)26-35)50-47(49-45)38-27-36-14-6-7-15-39(36)41(29-38)37-24-25-44-42(28-37)40-16-8-9-17-43(40)51-44/h1-29H. The monoisotopic (exact) mass is 651 g/mol. The number of aromatic nitrogens is 3. The smallest absolute Gasteiger partial charge is 0.164 e. The molecular weight excluding hydrogens is 623 g/mol. The molecule has 0 bridgehead atoms. The molecule has 0 spiro atoms. The van der Waals surface area contributed by atoms with Gasteiger partial charge >= 0.3 is 0 Å². The van der Waals surface area contributed by atoms with Crippen LogP contribution in [0.25, 0.3) is 99.9 Å². The number of nitrogens with zero attached hydrogens (tertiary/aromatic N) is 3. The summed E-state index contributed by atoms with van der Waals surface area (Å²) in [6.07, 6.45) is 0. The molecule has 0 aliphatic carbocycles. The van der Waals surface area contributed by atoms with Crippen molar-refractivity contribution in [2.75, 3.05) is 0 Å². The predicted octanol–water partition coefficient (Wildman–Crippen LogP) is 12.4. The van der Waals surface area contributed by atoms with Gasteiger partial charge in [-0.2, -0.15) is 0 Å². The minimum absolute atomic E-state index is 0.624. The van der Waals surface area contributed by atoms with Gasteiger partial charge in [0.05, 0.1) is 0 Å². The molecule has 2 heterocycles. The average Bonchev–Trinajstić information content (AvgIpc) is 3.58. The lowest BCUT2D eigenvalue weighted by Gasteiger charge is -2.13. The summed E-state index contributed by atoms with van der Waals surface area (Å²) in [4.78, 5) is 15.2. The highest BCUT2D eigenvalue weighted by Crippen LogP contribution is 2.38. The van der Waals surface area contributed by atoms with Gasteiger partial charge in [0.15, 0.2) is 17.5 Å². The first-order valence-electron chi connectivity index (χ1n) is 17.1. The molecular formula is C47H29N3O. The zero-order chi connectivity index (χ0) is 33.7. The Kier molecular flexibility index (Phi) is 6.78. The maximum Gasteiger partial charge on any atom is 0.164 e. The van der Waals surface area contributed by atoms with E-state index in [9.17, 15) is 0 Å². The summed E-state index contributed by atoms with van der Waals surface area (Å²) in [5.74, 6) is 1.89. The molecule has 8 aromatic carbocycles. The molecule has 0 amide bonds. The molecule has 51 heavy (non-hydrogen) atoms. The summed E-state index contributed by atoms with van der Waals surface area (Å²) in [5.41, 5.74) is 9.09. The molecule has 0 saturated carbocycles. The van der Waals surface area contributed by atoms with Crippen LogP contribution in [0.15, 0.2) is 180 Å². The number of hydrogen-bond donors (Lipinski definition) is 0. The Balaban J connectivity index is 1.12. The topological polar surface area (TPSA) is 51.8 Å². The summed E-state index contributed by atoms with van der Waals surface area (Å²) < 4.78 is 6.16. The lowest BCUT2D eigenvalue weighted by atomic mass is 9.94. The zero-order valence-electron chi connectivity index (χ0n) is 27.5. The van der Waals surface area contributed by atoms with Crippen LogP contribution < -0.4 is 0 Å². The van der Waals surface area contributed by atoms with Crippen LogP contribution >= 0.6 is 0 Å². The van der Waals surface area contributed by atoms with E-state index in [2.05, 4.69) is 133 Å². The first kappa shape index (κ1) is 29.0. The third kappa shape index (κ3) is 5.22. The summed E-state index contributed by atoms with van der Waals surface area (Å²) in [6, 6.07) is 61.2. The van der Waals surface area contributed by atoms with E-state index in [1.165, 1.54) is 16.3 Å². The quantitative estimate of drug-likeness (QED) is 0.186. The van der Waals surface area contributed by atoms with E-state index in [0.717, 1.165) is 66.1 Å².